The molecule has 0 aliphatic heterocycles. The number of aliphatic hydroxyl groups is 1. The minimum absolute atomic E-state index is 0.175. The molecule has 0 aliphatic carbocycles. The second-order valence-electron chi connectivity index (χ2n) is 4.87. The Kier molecular flexibility index (Phi) is 5.63. The average Bonchev–Trinajstić information content (AvgIpc) is 2.99. The Morgan fingerprint density at radius 3 is 2.62 bits per heavy atom. The Morgan fingerprint density at radius 2 is 2.00 bits per heavy atom. The van der Waals surface area contributed by atoms with E-state index in [1.54, 1.807) is 0 Å². The van der Waals surface area contributed by atoms with Gasteiger partial charge in [0.1, 0.15) is 0 Å². The number of hydrogen-bond acceptors (Lipinski definition) is 4. The molecule has 1 heterocycles. The zero-order chi connectivity index (χ0) is 15.1. The highest BCUT2D eigenvalue weighted by molar-refractivity contribution is 5.55. The van der Waals surface area contributed by atoms with Crippen LogP contribution >= 0.6 is 0 Å². The number of likely N-dealkylation sites (N-methyl/N-ethyl adjacent to an activating group) is 1. The quantitative estimate of drug-likeness (QED) is 0.783. The third kappa shape index (κ3) is 3.98. The third-order valence-corrected chi connectivity index (χ3v) is 3.60. The molecule has 0 amide bonds. The van der Waals surface area contributed by atoms with Gasteiger partial charge in [-0.3, -0.25) is 0 Å². The van der Waals surface area contributed by atoms with Crippen LogP contribution in [0.3, 0.4) is 0 Å². The summed E-state index contributed by atoms with van der Waals surface area (Å²) in [7, 11) is 0. The second-order valence-corrected chi connectivity index (χ2v) is 4.87. The van der Waals surface area contributed by atoms with E-state index in [1.807, 2.05) is 12.5 Å². The molecule has 0 radical (unpaired) electrons. The summed E-state index contributed by atoms with van der Waals surface area (Å²) in [5, 5.41) is 12.5. The van der Waals surface area contributed by atoms with Crippen molar-refractivity contribution in [1.82, 2.24) is 9.55 Å². The summed E-state index contributed by atoms with van der Waals surface area (Å²) in [4.78, 5) is 6.32. The maximum atomic E-state index is 9.06. The van der Waals surface area contributed by atoms with Crippen molar-refractivity contribution in [2.75, 3.05) is 29.9 Å². The van der Waals surface area contributed by atoms with Crippen molar-refractivity contribution in [2.24, 2.45) is 0 Å². The molecule has 5 nitrogen and oxygen atoms in total. The number of nitrogens with one attached hydrogen (secondary N) is 1. The van der Waals surface area contributed by atoms with E-state index in [4.69, 9.17) is 5.11 Å². The molecule has 0 fully saturated rings. The lowest BCUT2D eigenvalue weighted by Gasteiger charge is -2.22. The largest absolute Gasteiger partial charge is 0.395 e. The van der Waals surface area contributed by atoms with Gasteiger partial charge >= 0.3 is 0 Å². The zero-order valence-corrected chi connectivity index (χ0v) is 12.8. The van der Waals surface area contributed by atoms with Gasteiger partial charge < -0.3 is 19.9 Å². The molecule has 2 N–H and O–H groups in total. The Bertz CT molecular complexity index is 535. The Balaban J connectivity index is 1.96. The number of rotatable bonds is 8. The van der Waals surface area contributed by atoms with Crippen molar-refractivity contribution < 1.29 is 5.11 Å². The summed E-state index contributed by atoms with van der Waals surface area (Å²) in [6.07, 6.45) is 3.75. The first-order valence-corrected chi connectivity index (χ1v) is 7.47. The fourth-order valence-corrected chi connectivity index (χ4v) is 2.35. The van der Waals surface area contributed by atoms with Gasteiger partial charge in [-0.25, -0.2) is 4.98 Å². The molecule has 2 rings (SSSR count). The van der Waals surface area contributed by atoms with Crippen molar-refractivity contribution >= 4 is 11.4 Å². The smallest absolute Gasteiger partial charge is 0.0948 e. The highest BCUT2D eigenvalue weighted by Gasteiger charge is 2.04. The van der Waals surface area contributed by atoms with Gasteiger partial charge in [0.2, 0.25) is 0 Å². The maximum absolute atomic E-state index is 9.06. The molecule has 21 heavy (non-hydrogen) atoms. The van der Waals surface area contributed by atoms with Gasteiger partial charge in [0.05, 0.1) is 25.2 Å². The molecule has 0 aliphatic rings. The first-order valence-electron chi connectivity index (χ1n) is 7.47. The number of aryl methyl sites for hydroxylation is 1. The Hall–Kier alpha value is -2.01. The maximum Gasteiger partial charge on any atom is 0.0948 e. The standard InChI is InChI=1S/C16H24N4O/c1-3-19(9-10-21)15-7-5-14(6-8-15)18-12-16-11-17-13-20(16)4-2/h5-8,11,13,18,21H,3-4,9-10,12H2,1-2H3. The highest BCUT2D eigenvalue weighted by atomic mass is 16.3. The number of imidazole rings is 1. The molecule has 1 aromatic heterocycles. The van der Waals surface area contributed by atoms with Crippen LogP contribution in [0.25, 0.3) is 0 Å². The number of anilines is 2. The SMILES string of the molecule is CCN(CCO)c1ccc(NCc2cncn2CC)cc1. The molecule has 0 atom stereocenters. The lowest BCUT2D eigenvalue weighted by Crippen LogP contribution is -2.25. The summed E-state index contributed by atoms with van der Waals surface area (Å²) in [5.74, 6) is 0. The molecule has 0 saturated heterocycles. The average molecular weight is 288 g/mol. The molecule has 1 aromatic carbocycles. The van der Waals surface area contributed by atoms with Crippen molar-refractivity contribution in [2.45, 2.75) is 26.9 Å². The first-order chi connectivity index (χ1) is 10.3. The van der Waals surface area contributed by atoms with Crippen molar-refractivity contribution in [3.8, 4) is 0 Å². The molecule has 114 valence electrons. The predicted molar refractivity (Wildman–Crippen MR) is 86.6 cm³/mol. The summed E-state index contributed by atoms with van der Waals surface area (Å²) in [5.41, 5.74) is 3.40. The molecular formula is C16H24N4O. The Morgan fingerprint density at radius 1 is 1.24 bits per heavy atom. The topological polar surface area (TPSA) is 53.3 Å². The van der Waals surface area contributed by atoms with E-state index in [2.05, 4.69) is 57.9 Å². The van der Waals surface area contributed by atoms with E-state index in [9.17, 15) is 0 Å². The molecular weight excluding hydrogens is 264 g/mol. The molecule has 2 aromatic rings. The van der Waals surface area contributed by atoms with Crippen molar-refractivity contribution in [1.29, 1.82) is 0 Å². The third-order valence-electron chi connectivity index (χ3n) is 3.60. The van der Waals surface area contributed by atoms with Gasteiger partial charge in [0.15, 0.2) is 0 Å². The summed E-state index contributed by atoms with van der Waals surface area (Å²) in [6.45, 7) is 7.63. The van der Waals surface area contributed by atoms with Gasteiger partial charge in [-0.05, 0) is 38.1 Å². The summed E-state index contributed by atoms with van der Waals surface area (Å²) < 4.78 is 2.13. The summed E-state index contributed by atoms with van der Waals surface area (Å²) >= 11 is 0. The van der Waals surface area contributed by atoms with Gasteiger partial charge in [-0.2, -0.15) is 0 Å². The fourth-order valence-electron chi connectivity index (χ4n) is 2.35. The number of aromatic nitrogens is 2. The van der Waals surface area contributed by atoms with E-state index in [0.717, 1.165) is 31.0 Å². The second kappa shape index (κ2) is 7.69. The number of benzene rings is 1. The van der Waals surface area contributed by atoms with E-state index in [1.165, 1.54) is 5.69 Å². The van der Waals surface area contributed by atoms with Crippen LogP contribution in [0, 0.1) is 0 Å². The van der Waals surface area contributed by atoms with Crippen molar-refractivity contribution in [3.05, 3.63) is 42.5 Å². The van der Waals surface area contributed by atoms with Gasteiger partial charge in [-0.15, -0.1) is 0 Å². The van der Waals surface area contributed by atoms with Crippen LogP contribution < -0.4 is 10.2 Å². The van der Waals surface area contributed by atoms with Crippen LogP contribution in [0.5, 0.6) is 0 Å². The molecule has 0 spiro atoms. The minimum atomic E-state index is 0.175. The highest BCUT2D eigenvalue weighted by Crippen LogP contribution is 2.18. The number of hydrogen-bond donors (Lipinski definition) is 2. The Labute approximate surface area is 126 Å². The lowest BCUT2D eigenvalue weighted by molar-refractivity contribution is 0.302. The van der Waals surface area contributed by atoms with Crippen LogP contribution in [0.2, 0.25) is 0 Å². The van der Waals surface area contributed by atoms with Crippen LogP contribution in [-0.4, -0.2) is 34.4 Å². The van der Waals surface area contributed by atoms with Crippen LogP contribution in [0.15, 0.2) is 36.8 Å². The van der Waals surface area contributed by atoms with E-state index in [0.29, 0.717) is 6.54 Å². The fraction of sp³-hybridized carbons (Fsp3) is 0.438. The predicted octanol–water partition coefficient (Wildman–Crippen LogP) is 2.33. The van der Waals surface area contributed by atoms with Crippen LogP contribution in [0.4, 0.5) is 11.4 Å². The normalized spacial score (nSPS) is 10.6. The van der Waals surface area contributed by atoms with Crippen LogP contribution in [-0.2, 0) is 13.1 Å². The van der Waals surface area contributed by atoms with E-state index >= 15 is 0 Å². The van der Waals surface area contributed by atoms with Gasteiger partial charge in [0, 0.05) is 37.2 Å². The molecule has 0 unspecified atom stereocenters. The van der Waals surface area contributed by atoms with Gasteiger partial charge in [-0.1, -0.05) is 0 Å². The molecule has 0 saturated carbocycles. The molecule has 5 heteroatoms. The number of nitrogens with zero attached hydrogens (tertiary/aromatic N) is 3. The first kappa shape index (κ1) is 15.4. The number of aliphatic hydroxyl groups excluding tert-OH is 1. The van der Waals surface area contributed by atoms with Crippen molar-refractivity contribution in [3.63, 3.8) is 0 Å². The molecule has 0 bridgehead atoms. The zero-order valence-electron chi connectivity index (χ0n) is 12.8. The van der Waals surface area contributed by atoms with Crippen LogP contribution in [0.1, 0.15) is 19.5 Å². The summed E-state index contributed by atoms with van der Waals surface area (Å²) in [6, 6.07) is 8.31. The minimum Gasteiger partial charge on any atom is -0.395 e. The lowest BCUT2D eigenvalue weighted by atomic mass is 10.2. The van der Waals surface area contributed by atoms with Gasteiger partial charge in [0.25, 0.3) is 0 Å². The van der Waals surface area contributed by atoms with E-state index < -0.39 is 0 Å². The monoisotopic (exact) mass is 288 g/mol. The van der Waals surface area contributed by atoms with E-state index in [-0.39, 0.29) is 6.61 Å².